The number of aryl methyl sites for hydroxylation is 1. The number of aromatic hydroxyl groups is 1. The fourth-order valence-corrected chi connectivity index (χ4v) is 10.5. The van der Waals surface area contributed by atoms with Crippen LogP contribution in [-0.4, -0.2) is 164 Å². The Morgan fingerprint density at radius 1 is 0.667 bits per heavy atom. The first kappa shape index (κ1) is 63.4. The highest BCUT2D eigenvalue weighted by Gasteiger charge is 2.45. The number of rotatable bonds is 17. The Morgan fingerprint density at radius 2 is 1.21 bits per heavy atom. The summed E-state index contributed by atoms with van der Waals surface area (Å²) in [4.78, 5) is 116. The van der Waals surface area contributed by atoms with Crippen molar-refractivity contribution in [3.8, 4) is 33.8 Å². The summed E-state index contributed by atoms with van der Waals surface area (Å²) in [6.45, 7) is 3.42. The van der Waals surface area contributed by atoms with Gasteiger partial charge in [-0.25, -0.2) is 5.84 Å². The first-order chi connectivity index (χ1) is 40.4. The van der Waals surface area contributed by atoms with Crippen LogP contribution in [0.3, 0.4) is 0 Å². The Hall–Kier alpha value is -8.22. The van der Waals surface area contributed by atoms with E-state index in [1.54, 1.807) is 36.4 Å². The first-order valence-electron chi connectivity index (χ1n) is 28.6. The predicted molar refractivity (Wildman–Crippen MR) is 311 cm³/mol. The number of carbonyl (C=O) groups is 8. The molecule has 4 aromatic rings. The number of aliphatic hydroxyl groups is 3. The molecule has 7 rings (SSSR count). The Kier molecular flexibility index (Phi) is 22.9. The maximum atomic E-state index is 14.6. The molecule has 450 valence electrons. The molecule has 14 N–H and O–H groups in total. The molecule has 23 heteroatoms. The molecule has 2 saturated heterocycles. The number of unbranched alkanes of at least 4 members (excludes halogenated alkanes) is 2. The molecule has 0 spiro atoms. The first-order valence-corrected chi connectivity index (χ1v) is 28.6. The number of fused-ring (bicyclic) bond motifs is 2. The van der Waals surface area contributed by atoms with Gasteiger partial charge in [-0.2, -0.15) is 0 Å². The highest BCUT2D eigenvalue weighted by atomic mass is 16.5. The molecule has 8 amide bonds. The summed E-state index contributed by atoms with van der Waals surface area (Å²) in [5, 5.41) is 56.2. The number of nitrogens with two attached hydrogens (primary N) is 2. The van der Waals surface area contributed by atoms with Crippen molar-refractivity contribution in [2.24, 2.45) is 11.6 Å². The number of hydrogen-bond donors (Lipinski definition) is 12. The molecule has 0 radical (unpaired) electrons. The van der Waals surface area contributed by atoms with E-state index in [4.69, 9.17) is 16.3 Å². The van der Waals surface area contributed by atoms with Gasteiger partial charge in [0.15, 0.2) is 0 Å². The predicted octanol–water partition coefficient (Wildman–Crippen LogP) is 1.35. The van der Waals surface area contributed by atoms with Gasteiger partial charge >= 0.3 is 0 Å². The molecule has 23 nitrogen and oxygen atoms in total. The average Bonchev–Trinajstić information content (AvgIpc) is 4.25. The zero-order chi connectivity index (χ0) is 60.5. The van der Waals surface area contributed by atoms with E-state index in [2.05, 4.69) is 33.5 Å². The third-order valence-corrected chi connectivity index (χ3v) is 15.3. The average molecular weight is 1160 g/mol. The summed E-state index contributed by atoms with van der Waals surface area (Å²) < 4.78 is 5.86. The van der Waals surface area contributed by atoms with Gasteiger partial charge in [-0.15, -0.1) is 0 Å². The summed E-state index contributed by atoms with van der Waals surface area (Å²) in [7, 11) is 0. The van der Waals surface area contributed by atoms with Crippen molar-refractivity contribution < 1.29 is 63.5 Å². The van der Waals surface area contributed by atoms with E-state index < -0.39 is 114 Å². The number of carbonyl (C=O) groups excluding carboxylic acids is 8. The second-order valence-corrected chi connectivity index (χ2v) is 21.6. The third-order valence-electron chi connectivity index (χ3n) is 15.3. The monoisotopic (exact) mass is 1160 g/mol. The van der Waals surface area contributed by atoms with Gasteiger partial charge in [0.25, 0.3) is 11.8 Å². The van der Waals surface area contributed by atoms with Crippen molar-refractivity contribution in [1.29, 1.82) is 0 Å². The lowest BCUT2D eigenvalue weighted by Gasteiger charge is -2.32. The molecular formula is C61H78N10O13. The number of ether oxygens (including phenoxy) is 1. The number of phenols is 1. The number of aliphatic hydroxyl groups excluding tert-OH is 3. The van der Waals surface area contributed by atoms with E-state index in [9.17, 15) is 58.8 Å². The number of benzene rings is 4. The van der Waals surface area contributed by atoms with Gasteiger partial charge in [0.05, 0.1) is 24.9 Å². The molecule has 0 saturated carbocycles. The van der Waals surface area contributed by atoms with Gasteiger partial charge in [0.2, 0.25) is 35.4 Å². The van der Waals surface area contributed by atoms with Crippen LogP contribution < -0.4 is 48.3 Å². The summed E-state index contributed by atoms with van der Waals surface area (Å²) in [5.41, 5.74) is 12.3. The highest BCUT2D eigenvalue weighted by Crippen LogP contribution is 2.28. The number of nitrogens with zero attached hydrogens (tertiary/aromatic N) is 2. The molecule has 2 fully saturated rings. The smallest absolute Gasteiger partial charge is 0.256 e. The number of nitrogens with one attached hydrogen (secondary N) is 6. The molecular weight excluding hydrogens is 1080 g/mol. The van der Waals surface area contributed by atoms with E-state index >= 15 is 0 Å². The minimum atomic E-state index is -1.74. The number of amides is 8. The van der Waals surface area contributed by atoms with Crippen molar-refractivity contribution in [3.05, 3.63) is 120 Å². The SMILES string of the molecule is CCCCCOc1ccc(-c2ccc(-c3ccc(C(=O)N[C@@H]4C/C=C/C[C@@H](C(=O)NN)NC(=O)[C@@H]5C[C@@H](O)CN5C(=O)[C@H](CCCN)NC(=O)[C@H](CCc5ccc(O)cc5)NC(=O)[C@@H]5C[C@@H](O)CN5C(=O)[C@H]([C@@H](C)O)NC4=O)cc3)cc2)cc1. The molecule has 0 aromatic heterocycles. The standard InChI is InChI=1S/C61H78N10O13/c1-3-4-7-31-84-46-27-23-41(24-28-46)39-17-15-38(16-18-39)40-19-21-42(22-20-40)54(76)64-47-9-5-6-10-48(57(79)69-63)65-58(80)51-32-44(74)34-70(51)60(82)50(11-8-30-62)67-55(77)49(29-14-37-12-25-43(73)26-13-37)66-59(81)52-33-45(75)35-71(52)61(83)53(36(2)72)68-56(47)78/h5-6,12-13,15-28,36,44-45,47-53,72-75H,3-4,7-11,14,29-35,62-63H2,1-2H3,(H,64,76)(H,65,80)(H,66,81)(H,67,77)(H,68,78)(H,69,79)/b6-5+/t36-,44-,45-,47-,48+,49+,50+,51+,52+,53+/m1/s1. The van der Waals surface area contributed by atoms with Gasteiger partial charge in [0, 0.05) is 31.5 Å². The van der Waals surface area contributed by atoms with E-state index in [0.717, 1.165) is 57.1 Å². The summed E-state index contributed by atoms with van der Waals surface area (Å²) >= 11 is 0. The van der Waals surface area contributed by atoms with Gasteiger partial charge in [0.1, 0.15) is 53.8 Å². The van der Waals surface area contributed by atoms with Crippen LogP contribution in [0.4, 0.5) is 0 Å². The van der Waals surface area contributed by atoms with Crippen LogP contribution in [-0.2, 0) is 40.0 Å². The van der Waals surface area contributed by atoms with Crippen molar-refractivity contribution in [3.63, 3.8) is 0 Å². The zero-order valence-corrected chi connectivity index (χ0v) is 47.3. The van der Waals surface area contributed by atoms with Gasteiger partial charge < -0.3 is 67.3 Å². The second-order valence-electron chi connectivity index (χ2n) is 21.6. The lowest BCUT2D eigenvalue weighted by Crippen LogP contribution is -2.61. The van der Waals surface area contributed by atoms with Crippen LogP contribution in [0.1, 0.15) is 94.0 Å². The van der Waals surface area contributed by atoms with E-state index in [0.29, 0.717) is 12.2 Å². The molecule has 3 aliphatic heterocycles. The molecule has 0 unspecified atom stereocenters. The van der Waals surface area contributed by atoms with Crippen LogP contribution in [0, 0.1) is 0 Å². The Morgan fingerprint density at radius 3 is 1.79 bits per heavy atom. The normalized spacial score (nSPS) is 24.6. The maximum absolute atomic E-state index is 14.6. The summed E-state index contributed by atoms with van der Waals surface area (Å²) in [6, 6.07) is 18.5. The largest absolute Gasteiger partial charge is 0.508 e. The molecule has 4 aromatic carbocycles. The van der Waals surface area contributed by atoms with Gasteiger partial charge in [-0.3, -0.25) is 43.8 Å². The van der Waals surface area contributed by atoms with E-state index in [1.807, 2.05) is 54.0 Å². The van der Waals surface area contributed by atoms with Crippen molar-refractivity contribution in [2.75, 3.05) is 26.2 Å². The van der Waals surface area contributed by atoms with E-state index in [-0.39, 0.29) is 75.8 Å². The molecule has 0 aliphatic carbocycles. The second kappa shape index (κ2) is 30.4. The summed E-state index contributed by atoms with van der Waals surface area (Å²) in [6.07, 6.45) is 1.28. The topological polar surface area (TPSA) is 357 Å². The number of phenolic OH excluding ortho intramolecular Hbond substituents is 1. The lowest BCUT2D eigenvalue weighted by molar-refractivity contribution is -0.145. The third kappa shape index (κ3) is 17.0. The molecule has 3 heterocycles. The van der Waals surface area contributed by atoms with Crippen molar-refractivity contribution >= 4 is 47.3 Å². The fourth-order valence-electron chi connectivity index (χ4n) is 10.5. The van der Waals surface area contributed by atoms with Crippen LogP contribution in [0.2, 0.25) is 0 Å². The van der Waals surface area contributed by atoms with Gasteiger partial charge in [-0.1, -0.05) is 92.6 Å². The molecule has 0 bridgehead atoms. The molecule has 10 atom stereocenters. The Balaban J connectivity index is 1.16. The van der Waals surface area contributed by atoms with Crippen molar-refractivity contribution in [2.45, 2.75) is 145 Å². The fraction of sp³-hybridized carbons (Fsp3) is 0.443. The van der Waals surface area contributed by atoms with Crippen LogP contribution in [0.15, 0.2) is 109 Å². The van der Waals surface area contributed by atoms with E-state index in [1.165, 1.54) is 31.2 Å². The maximum Gasteiger partial charge on any atom is 0.256 e. The van der Waals surface area contributed by atoms with Crippen LogP contribution >= 0.6 is 0 Å². The Labute approximate surface area is 487 Å². The number of hydrazine groups is 1. The molecule has 3 aliphatic rings. The van der Waals surface area contributed by atoms with Crippen molar-refractivity contribution in [1.82, 2.24) is 41.8 Å². The quantitative estimate of drug-likeness (QED) is 0.0233. The van der Waals surface area contributed by atoms with Crippen LogP contribution in [0.5, 0.6) is 11.5 Å². The molecule has 84 heavy (non-hydrogen) atoms. The summed E-state index contributed by atoms with van der Waals surface area (Å²) in [5.74, 6) is -0.434. The highest BCUT2D eigenvalue weighted by molar-refractivity contribution is 6.00. The minimum absolute atomic E-state index is 0.0113. The minimum Gasteiger partial charge on any atom is -0.508 e. The van der Waals surface area contributed by atoms with Crippen LogP contribution in [0.25, 0.3) is 22.3 Å². The Bertz CT molecular complexity index is 2940. The number of hydrogen-bond acceptors (Lipinski definition) is 15. The zero-order valence-electron chi connectivity index (χ0n) is 47.3. The lowest BCUT2D eigenvalue weighted by atomic mass is 9.99. The van der Waals surface area contributed by atoms with Gasteiger partial charge in [-0.05, 0) is 123 Å².